The molecule has 0 saturated carbocycles. The maximum absolute atomic E-state index is 5.96. The zero-order valence-electron chi connectivity index (χ0n) is 9.39. The van der Waals surface area contributed by atoms with Crippen LogP contribution in [0.25, 0.3) is 6.08 Å². The minimum atomic E-state index is 0.304. The third-order valence-corrected chi connectivity index (χ3v) is 2.36. The van der Waals surface area contributed by atoms with Crippen LogP contribution >= 0.6 is 0 Å². The lowest BCUT2D eigenvalue weighted by Gasteiger charge is -2.06. The van der Waals surface area contributed by atoms with E-state index in [1.54, 1.807) is 6.20 Å². The molecule has 0 radical (unpaired) electrons. The fourth-order valence-electron chi connectivity index (χ4n) is 1.44. The monoisotopic (exact) mass is 204 g/mol. The van der Waals surface area contributed by atoms with Gasteiger partial charge in [0.1, 0.15) is 0 Å². The molecule has 1 heterocycles. The van der Waals surface area contributed by atoms with Crippen molar-refractivity contribution in [1.82, 2.24) is 4.98 Å². The first-order chi connectivity index (χ1) is 7.33. The number of unbranched alkanes of at least 4 members (excludes halogenated alkanes) is 1. The van der Waals surface area contributed by atoms with Crippen molar-refractivity contribution < 1.29 is 0 Å². The maximum Gasteiger partial charge on any atom is 0.0340 e. The highest BCUT2D eigenvalue weighted by molar-refractivity contribution is 5.47. The molecule has 1 rings (SSSR count). The molecular weight excluding hydrogens is 184 g/mol. The number of aromatic nitrogens is 1. The average molecular weight is 204 g/mol. The molecule has 1 unspecified atom stereocenters. The standard InChI is InChI=1S/C13H20N2/c1-2-3-8-13(14)9-4-6-12-7-5-10-15-11-12/h4-7,10-11,13H,2-3,8-9,14H2,1H3/b6-4+. The SMILES string of the molecule is CCCCC(N)C/C=C/c1cccnc1. The van der Waals surface area contributed by atoms with E-state index in [0.29, 0.717) is 6.04 Å². The second kappa shape index (κ2) is 7.18. The molecule has 1 aromatic heterocycles. The molecule has 0 amide bonds. The number of hydrogen-bond acceptors (Lipinski definition) is 2. The second-order valence-electron chi connectivity index (χ2n) is 3.83. The fourth-order valence-corrected chi connectivity index (χ4v) is 1.44. The lowest BCUT2D eigenvalue weighted by Crippen LogP contribution is -2.18. The molecule has 0 aliphatic rings. The molecule has 0 saturated heterocycles. The van der Waals surface area contributed by atoms with E-state index in [0.717, 1.165) is 18.4 Å². The van der Waals surface area contributed by atoms with Gasteiger partial charge in [0.15, 0.2) is 0 Å². The van der Waals surface area contributed by atoms with E-state index < -0.39 is 0 Å². The van der Waals surface area contributed by atoms with Crippen molar-refractivity contribution in [2.24, 2.45) is 5.73 Å². The summed E-state index contributed by atoms with van der Waals surface area (Å²) < 4.78 is 0. The van der Waals surface area contributed by atoms with Gasteiger partial charge in [-0.25, -0.2) is 0 Å². The van der Waals surface area contributed by atoms with Gasteiger partial charge in [0, 0.05) is 18.4 Å². The van der Waals surface area contributed by atoms with Crippen LogP contribution in [0.4, 0.5) is 0 Å². The molecule has 0 aliphatic carbocycles. The Morgan fingerprint density at radius 2 is 2.40 bits per heavy atom. The van der Waals surface area contributed by atoms with Gasteiger partial charge in [0.2, 0.25) is 0 Å². The highest BCUT2D eigenvalue weighted by atomic mass is 14.6. The van der Waals surface area contributed by atoms with Gasteiger partial charge < -0.3 is 5.73 Å². The number of pyridine rings is 1. The van der Waals surface area contributed by atoms with E-state index in [1.165, 1.54) is 12.8 Å². The number of rotatable bonds is 6. The topological polar surface area (TPSA) is 38.9 Å². The van der Waals surface area contributed by atoms with Gasteiger partial charge in [-0.2, -0.15) is 0 Å². The van der Waals surface area contributed by atoms with E-state index in [2.05, 4.69) is 24.1 Å². The summed E-state index contributed by atoms with van der Waals surface area (Å²) in [6.07, 6.45) is 12.4. The Hall–Kier alpha value is -1.15. The molecule has 0 aromatic carbocycles. The summed E-state index contributed by atoms with van der Waals surface area (Å²) in [4.78, 5) is 4.05. The highest BCUT2D eigenvalue weighted by Crippen LogP contribution is 2.05. The zero-order valence-corrected chi connectivity index (χ0v) is 9.39. The molecule has 1 atom stereocenters. The smallest absolute Gasteiger partial charge is 0.0340 e. The van der Waals surface area contributed by atoms with Crippen molar-refractivity contribution in [3.8, 4) is 0 Å². The number of nitrogens with zero attached hydrogens (tertiary/aromatic N) is 1. The summed E-state index contributed by atoms with van der Waals surface area (Å²) in [6.45, 7) is 2.19. The quantitative estimate of drug-likeness (QED) is 0.773. The van der Waals surface area contributed by atoms with Gasteiger partial charge in [-0.05, 0) is 24.5 Å². The van der Waals surface area contributed by atoms with Crippen molar-refractivity contribution in [2.75, 3.05) is 0 Å². The first kappa shape index (κ1) is 11.9. The Bertz CT molecular complexity index is 280. The Balaban J connectivity index is 2.27. The van der Waals surface area contributed by atoms with E-state index >= 15 is 0 Å². The van der Waals surface area contributed by atoms with Crippen LogP contribution in [0.15, 0.2) is 30.6 Å². The molecule has 0 fully saturated rings. The van der Waals surface area contributed by atoms with Crippen LogP contribution < -0.4 is 5.73 Å². The first-order valence-corrected chi connectivity index (χ1v) is 5.65. The van der Waals surface area contributed by atoms with E-state index in [4.69, 9.17) is 5.73 Å². The molecule has 15 heavy (non-hydrogen) atoms. The lowest BCUT2D eigenvalue weighted by atomic mass is 10.1. The molecule has 0 bridgehead atoms. The van der Waals surface area contributed by atoms with Crippen LogP contribution in [-0.2, 0) is 0 Å². The van der Waals surface area contributed by atoms with Crippen LogP contribution in [0.3, 0.4) is 0 Å². The Morgan fingerprint density at radius 1 is 1.53 bits per heavy atom. The zero-order chi connectivity index (χ0) is 10.9. The third-order valence-electron chi connectivity index (χ3n) is 2.36. The molecule has 1 aromatic rings. The van der Waals surface area contributed by atoms with Gasteiger partial charge in [-0.15, -0.1) is 0 Å². The van der Waals surface area contributed by atoms with Gasteiger partial charge in [0.05, 0.1) is 0 Å². The summed E-state index contributed by atoms with van der Waals surface area (Å²) in [5.74, 6) is 0. The molecule has 0 aliphatic heterocycles. The maximum atomic E-state index is 5.96. The summed E-state index contributed by atoms with van der Waals surface area (Å²) in [7, 11) is 0. The van der Waals surface area contributed by atoms with Crippen LogP contribution in [0.1, 0.15) is 38.2 Å². The Kier molecular flexibility index (Phi) is 5.71. The van der Waals surface area contributed by atoms with E-state index in [1.807, 2.05) is 18.3 Å². The van der Waals surface area contributed by atoms with Gasteiger partial charge in [0.25, 0.3) is 0 Å². The largest absolute Gasteiger partial charge is 0.327 e. The fraction of sp³-hybridized carbons (Fsp3) is 0.462. The lowest BCUT2D eigenvalue weighted by molar-refractivity contribution is 0.582. The number of nitrogens with two attached hydrogens (primary N) is 1. The summed E-state index contributed by atoms with van der Waals surface area (Å²) in [5.41, 5.74) is 7.10. The van der Waals surface area contributed by atoms with E-state index in [9.17, 15) is 0 Å². The van der Waals surface area contributed by atoms with Crippen molar-refractivity contribution >= 4 is 6.08 Å². The van der Waals surface area contributed by atoms with Gasteiger partial charge >= 0.3 is 0 Å². The minimum Gasteiger partial charge on any atom is -0.327 e. The van der Waals surface area contributed by atoms with Crippen LogP contribution in [0, 0.1) is 0 Å². The third kappa shape index (κ3) is 5.33. The highest BCUT2D eigenvalue weighted by Gasteiger charge is 1.97. The first-order valence-electron chi connectivity index (χ1n) is 5.65. The predicted molar refractivity (Wildman–Crippen MR) is 65.4 cm³/mol. The molecular formula is C13H20N2. The summed E-state index contributed by atoms with van der Waals surface area (Å²) in [6, 6.07) is 4.29. The second-order valence-corrected chi connectivity index (χ2v) is 3.83. The minimum absolute atomic E-state index is 0.304. The Morgan fingerprint density at radius 3 is 3.07 bits per heavy atom. The van der Waals surface area contributed by atoms with Crippen LogP contribution in [-0.4, -0.2) is 11.0 Å². The van der Waals surface area contributed by atoms with Gasteiger partial charge in [-0.3, -0.25) is 4.98 Å². The average Bonchev–Trinajstić information content (AvgIpc) is 2.28. The van der Waals surface area contributed by atoms with Crippen molar-refractivity contribution in [1.29, 1.82) is 0 Å². The normalized spacial score (nSPS) is 13.2. The van der Waals surface area contributed by atoms with E-state index in [-0.39, 0.29) is 0 Å². The molecule has 2 heteroatoms. The van der Waals surface area contributed by atoms with Crippen molar-refractivity contribution in [2.45, 2.75) is 38.6 Å². The van der Waals surface area contributed by atoms with Crippen LogP contribution in [0.5, 0.6) is 0 Å². The molecule has 2 N–H and O–H groups in total. The summed E-state index contributed by atoms with van der Waals surface area (Å²) >= 11 is 0. The molecule has 0 spiro atoms. The molecule has 82 valence electrons. The number of hydrogen-bond donors (Lipinski definition) is 1. The van der Waals surface area contributed by atoms with Gasteiger partial charge in [-0.1, -0.05) is 38.0 Å². The van der Waals surface area contributed by atoms with Crippen LogP contribution in [0.2, 0.25) is 0 Å². The summed E-state index contributed by atoms with van der Waals surface area (Å²) in [5, 5.41) is 0. The Labute approximate surface area is 92.2 Å². The van der Waals surface area contributed by atoms with Crippen molar-refractivity contribution in [3.63, 3.8) is 0 Å². The predicted octanol–water partition coefficient (Wildman–Crippen LogP) is 3.00. The molecule has 2 nitrogen and oxygen atoms in total. The van der Waals surface area contributed by atoms with Crippen molar-refractivity contribution in [3.05, 3.63) is 36.2 Å².